The number of hydrogen-bond donors (Lipinski definition) is 4. The number of aliphatic carboxylic acids is 2. The monoisotopic (exact) mass is 479 g/mol. The van der Waals surface area contributed by atoms with Crippen LogP contribution in [0.2, 0.25) is 0 Å². The summed E-state index contributed by atoms with van der Waals surface area (Å²) in [6, 6.07) is 10.3. The fourth-order valence-corrected chi connectivity index (χ4v) is 4.44. The third-order valence-electron chi connectivity index (χ3n) is 6.27. The van der Waals surface area contributed by atoms with Gasteiger partial charge in [-0.25, -0.2) is 0 Å². The van der Waals surface area contributed by atoms with Gasteiger partial charge in [0.2, 0.25) is 5.91 Å². The average Bonchev–Trinajstić information content (AvgIpc) is 3.25. The van der Waals surface area contributed by atoms with Crippen LogP contribution >= 0.6 is 0 Å². The molecule has 1 amide bonds. The van der Waals surface area contributed by atoms with Crippen LogP contribution in [-0.2, 0) is 20.8 Å². The number of carboxylic acids is 2. The standard InChI is InChI=1S/C25H29N5O5/c31-22(6-7-23(32)33)28-18-4-5-21-19(15-18)20(16-27-21)24(25(34)35)30-13-11-29(12-14-30)10-8-17-3-1-2-9-26-17/h1-5,9,15-16,24,27H,6-8,10-14H2,(H,28,31)(H,32,33)(H,34,35). The molecule has 0 radical (unpaired) electrons. The molecule has 1 unspecified atom stereocenters. The molecule has 0 bridgehead atoms. The Labute approximate surface area is 202 Å². The fraction of sp³-hybridized carbons (Fsp3) is 0.360. The van der Waals surface area contributed by atoms with E-state index in [1.807, 2.05) is 23.1 Å². The normalized spacial score (nSPS) is 15.7. The van der Waals surface area contributed by atoms with E-state index >= 15 is 0 Å². The molecule has 0 saturated carbocycles. The summed E-state index contributed by atoms with van der Waals surface area (Å²) in [6.45, 7) is 3.66. The molecule has 3 heterocycles. The number of nitrogens with zero attached hydrogens (tertiary/aromatic N) is 3. The lowest BCUT2D eigenvalue weighted by molar-refractivity contribution is -0.144. The number of fused-ring (bicyclic) bond motifs is 1. The Bertz CT molecular complexity index is 1190. The molecule has 1 atom stereocenters. The third kappa shape index (κ3) is 6.23. The molecule has 10 nitrogen and oxygen atoms in total. The number of rotatable bonds is 10. The molecule has 0 spiro atoms. The van der Waals surface area contributed by atoms with E-state index in [9.17, 15) is 19.5 Å². The number of carbonyl (C=O) groups is 3. The Balaban J connectivity index is 1.43. The molecule has 184 valence electrons. The smallest absolute Gasteiger partial charge is 0.325 e. The first-order chi connectivity index (χ1) is 16.9. The van der Waals surface area contributed by atoms with Gasteiger partial charge in [-0.05, 0) is 30.3 Å². The van der Waals surface area contributed by atoms with Crippen LogP contribution in [0.4, 0.5) is 5.69 Å². The maximum Gasteiger partial charge on any atom is 0.325 e. The van der Waals surface area contributed by atoms with Gasteiger partial charge in [0.1, 0.15) is 6.04 Å². The molecule has 2 aromatic heterocycles. The number of carboxylic acid groups (broad SMARTS) is 2. The molecule has 1 saturated heterocycles. The fourth-order valence-electron chi connectivity index (χ4n) is 4.44. The van der Waals surface area contributed by atoms with Gasteiger partial charge in [-0.3, -0.25) is 24.3 Å². The van der Waals surface area contributed by atoms with Crippen LogP contribution < -0.4 is 5.32 Å². The molecular formula is C25H29N5O5. The summed E-state index contributed by atoms with van der Waals surface area (Å²) in [4.78, 5) is 46.9. The van der Waals surface area contributed by atoms with Crippen LogP contribution in [0, 0.1) is 0 Å². The van der Waals surface area contributed by atoms with Gasteiger partial charge in [-0.1, -0.05) is 6.07 Å². The highest BCUT2D eigenvalue weighted by Crippen LogP contribution is 2.31. The molecule has 3 aromatic rings. The Morgan fingerprint density at radius 2 is 1.86 bits per heavy atom. The average molecular weight is 480 g/mol. The van der Waals surface area contributed by atoms with E-state index < -0.39 is 23.9 Å². The lowest BCUT2D eigenvalue weighted by Gasteiger charge is -2.37. The lowest BCUT2D eigenvalue weighted by atomic mass is 10.0. The van der Waals surface area contributed by atoms with Gasteiger partial charge in [0, 0.05) is 85.8 Å². The summed E-state index contributed by atoms with van der Waals surface area (Å²) >= 11 is 0. The van der Waals surface area contributed by atoms with Crippen LogP contribution in [0.15, 0.2) is 48.8 Å². The van der Waals surface area contributed by atoms with Crippen molar-refractivity contribution in [2.45, 2.75) is 25.3 Å². The van der Waals surface area contributed by atoms with Crippen LogP contribution in [0.5, 0.6) is 0 Å². The Morgan fingerprint density at radius 1 is 1.06 bits per heavy atom. The van der Waals surface area contributed by atoms with Gasteiger partial charge in [-0.2, -0.15) is 0 Å². The van der Waals surface area contributed by atoms with Gasteiger partial charge >= 0.3 is 11.9 Å². The number of hydrogen-bond acceptors (Lipinski definition) is 6. The molecule has 1 aliphatic heterocycles. The van der Waals surface area contributed by atoms with Crippen molar-refractivity contribution in [1.29, 1.82) is 0 Å². The number of anilines is 1. The van der Waals surface area contributed by atoms with Gasteiger partial charge in [0.15, 0.2) is 0 Å². The summed E-state index contributed by atoms with van der Waals surface area (Å²) in [5, 5.41) is 22.3. The molecule has 1 aromatic carbocycles. The predicted molar refractivity (Wildman–Crippen MR) is 130 cm³/mol. The van der Waals surface area contributed by atoms with Crippen LogP contribution in [-0.4, -0.2) is 80.6 Å². The largest absolute Gasteiger partial charge is 0.481 e. The summed E-state index contributed by atoms with van der Waals surface area (Å²) in [7, 11) is 0. The number of nitrogens with one attached hydrogen (secondary N) is 2. The Kier molecular flexibility index (Phi) is 7.74. The zero-order chi connectivity index (χ0) is 24.8. The zero-order valence-electron chi connectivity index (χ0n) is 19.3. The minimum atomic E-state index is -1.04. The lowest BCUT2D eigenvalue weighted by Crippen LogP contribution is -2.49. The first-order valence-corrected chi connectivity index (χ1v) is 11.6. The first-order valence-electron chi connectivity index (χ1n) is 11.6. The number of piperazine rings is 1. The Morgan fingerprint density at radius 3 is 2.54 bits per heavy atom. The molecule has 10 heteroatoms. The molecule has 4 rings (SSSR count). The number of H-pyrrole nitrogens is 1. The zero-order valence-corrected chi connectivity index (χ0v) is 19.3. The van der Waals surface area contributed by atoms with E-state index in [0.717, 1.165) is 37.3 Å². The van der Waals surface area contributed by atoms with Gasteiger partial charge in [0.05, 0.1) is 6.42 Å². The van der Waals surface area contributed by atoms with Crippen LogP contribution in [0.25, 0.3) is 10.9 Å². The maximum absolute atomic E-state index is 12.3. The minimum absolute atomic E-state index is 0.129. The minimum Gasteiger partial charge on any atom is -0.481 e. The van der Waals surface area contributed by atoms with Crippen molar-refractivity contribution in [3.63, 3.8) is 0 Å². The highest BCUT2D eigenvalue weighted by molar-refractivity contribution is 5.96. The molecular weight excluding hydrogens is 450 g/mol. The molecule has 0 aliphatic carbocycles. The molecule has 4 N–H and O–H groups in total. The Hall–Kier alpha value is -3.76. The van der Waals surface area contributed by atoms with E-state index in [2.05, 4.69) is 20.2 Å². The summed E-state index contributed by atoms with van der Waals surface area (Å²) in [6.07, 6.45) is 3.98. The van der Waals surface area contributed by atoms with Crippen LogP contribution in [0.3, 0.4) is 0 Å². The van der Waals surface area contributed by atoms with Gasteiger partial charge in [-0.15, -0.1) is 0 Å². The predicted octanol–water partition coefficient (Wildman–Crippen LogP) is 2.35. The number of aromatic amines is 1. The van der Waals surface area contributed by atoms with Crippen molar-refractivity contribution in [2.75, 3.05) is 38.0 Å². The van der Waals surface area contributed by atoms with Crippen LogP contribution in [0.1, 0.15) is 30.1 Å². The second-order valence-corrected chi connectivity index (χ2v) is 8.64. The van der Waals surface area contributed by atoms with E-state index in [4.69, 9.17) is 5.11 Å². The second kappa shape index (κ2) is 11.1. The van der Waals surface area contributed by atoms with Crippen molar-refractivity contribution in [3.8, 4) is 0 Å². The number of pyridine rings is 1. The maximum atomic E-state index is 12.3. The third-order valence-corrected chi connectivity index (χ3v) is 6.27. The van der Waals surface area contributed by atoms with Crippen molar-refractivity contribution < 1.29 is 24.6 Å². The SMILES string of the molecule is O=C(O)CCC(=O)Nc1ccc2[nH]cc(C(C(=O)O)N3CCN(CCc4ccccn4)CC3)c2c1. The summed E-state index contributed by atoms with van der Waals surface area (Å²) in [5.41, 5.74) is 2.94. The molecule has 35 heavy (non-hydrogen) atoms. The quantitative estimate of drug-likeness (QED) is 0.348. The van der Waals surface area contributed by atoms with E-state index in [-0.39, 0.29) is 12.8 Å². The highest BCUT2D eigenvalue weighted by Gasteiger charge is 2.32. The molecule has 1 aliphatic rings. The number of benzene rings is 1. The van der Waals surface area contributed by atoms with Crippen molar-refractivity contribution >= 4 is 34.4 Å². The van der Waals surface area contributed by atoms with E-state index in [1.165, 1.54) is 0 Å². The van der Waals surface area contributed by atoms with E-state index in [0.29, 0.717) is 29.7 Å². The van der Waals surface area contributed by atoms with E-state index in [1.54, 1.807) is 30.6 Å². The summed E-state index contributed by atoms with van der Waals surface area (Å²) < 4.78 is 0. The number of aromatic nitrogens is 2. The van der Waals surface area contributed by atoms with Crippen molar-refractivity contribution in [1.82, 2.24) is 19.8 Å². The number of amides is 1. The van der Waals surface area contributed by atoms with Gasteiger partial charge in [0.25, 0.3) is 0 Å². The van der Waals surface area contributed by atoms with Crippen molar-refractivity contribution in [3.05, 3.63) is 60.0 Å². The second-order valence-electron chi connectivity index (χ2n) is 8.64. The van der Waals surface area contributed by atoms with Crippen molar-refractivity contribution in [2.24, 2.45) is 0 Å². The van der Waals surface area contributed by atoms with Gasteiger partial charge < -0.3 is 25.4 Å². The highest BCUT2D eigenvalue weighted by atomic mass is 16.4. The topological polar surface area (TPSA) is 139 Å². The summed E-state index contributed by atoms with van der Waals surface area (Å²) in [5.74, 6) is -2.37. The number of carbonyl (C=O) groups excluding carboxylic acids is 1. The first kappa shape index (κ1) is 24.4. The molecule has 1 fully saturated rings.